The first kappa shape index (κ1) is 18.3. The number of halogens is 1. The Hall–Kier alpha value is -2.78. The minimum absolute atomic E-state index is 0.167. The molecular weight excluding hydrogens is 380 g/mol. The summed E-state index contributed by atoms with van der Waals surface area (Å²) in [6.07, 6.45) is 0.615. The Morgan fingerprint density at radius 2 is 1.69 bits per heavy atom. The van der Waals surface area contributed by atoms with E-state index in [0.717, 1.165) is 34.0 Å². The highest BCUT2D eigenvalue weighted by molar-refractivity contribution is 6.30. The lowest BCUT2D eigenvalue weighted by atomic mass is 9.95. The maximum absolute atomic E-state index is 6.43. The summed E-state index contributed by atoms with van der Waals surface area (Å²) in [4.78, 5) is 0. The van der Waals surface area contributed by atoms with Gasteiger partial charge in [0.1, 0.15) is 5.75 Å². The third-order valence-corrected chi connectivity index (χ3v) is 6.02. The molecule has 3 aromatic rings. The van der Waals surface area contributed by atoms with Crippen molar-refractivity contribution in [1.29, 1.82) is 0 Å². The number of ether oxygens (including phenoxy) is 1. The smallest absolute Gasteiger partial charge is 0.213 e. The lowest BCUT2D eigenvalue weighted by Gasteiger charge is -2.38. The predicted octanol–water partition coefficient (Wildman–Crippen LogP) is 6.71. The molecule has 29 heavy (non-hydrogen) atoms. The van der Waals surface area contributed by atoms with Crippen molar-refractivity contribution in [2.24, 2.45) is 5.10 Å². The molecule has 2 aliphatic heterocycles. The Morgan fingerprint density at radius 1 is 0.966 bits per heavy atom. The molecule has 3 aromatic carbocycles. The van der Waals surface area contributed by atoms with Gasteiger partial charge in [0.15, 0.2) is 0 Å². The van der Waals surface area contributed by atoms with Gasteiger partial charge in [-0.15, -0.1) is 0 Å². The van der Waals surface area contributed by atoms with Crippen molar-refractivity contribution in [3.8, 4) is 5.75 Å². The van der Waals surface area contributed by atoms with Crippen LogP contribution in [0.5, 0.6) is 5.75 Å². The molecule has 0 spiro atoms. The zero-order valence-corrected chi connectivity index (χ0v) is 17.3. The van der Waals surface area contributed by atoms with Crippen molar-refractivity contribution in [3.05, 3.63) is 100 Å². The molecule has 0 saturated heterocycles. The van der Waals surface area contributed by atoms with Gasteiger partial charge in [-0.05, 0) is 35.2 Å². The van der Waals surface area contributed by atoms with Gasteiger partial charge in [0, 0.05) is 22.6 Å². The highest BCUT2D eigenvalue weighted by Crippen LogP contribution is 2.47. The maximum Gasteiger partial charge on any atom is 0.213 e. The maximum atomic E-state index is 6.43. The molecule has 0 aliphatic carbocycles. The second-order valence-electron chi connectivity index (χ2n) is 7.98. The van der Waals surface area contributed by atoms with Crippen LogP contribution in [0.15, 0.2) is 77.9 Å². The van der Waals surface area contributed by atoms with Gasteiger partial charge in [-0.1, -0.05) is 80.0 Å². The zero-order valence-electron chi connectivity index (χ0n) is 16.5. The van der Waals surface area contributed by atoms with Crippen LogP contribution in [0.4, 0.5) is 0 Å². The Kier molecular flexibility index (Phi) is 4.56. The van der Waals surface area contributed by atoms with Crippen molar-refractivity contribution in [3.63, 3.8) is 0 Å². The van der Waals surface area contributed by atoms with Crippen LogP contribution < -0.4 is 4.74 Å². The van der Waals surface area contributed by atoms with Gasteiger partial charge in [0.2, 0.25) is 6.23 Å². The first-order valence-electron chi connectivity index (χ1n) is 10.1. The molecule has 5 rings (SSSR count). The normalized spacial score (nSPS) is 20.1. The van der Waals surface area contributed by atoms with E-state index in [-0.39, 0.29) is 12.3 Å². The van der Waals surface area contributed by atoms with E-state index in [1.54, 1.807) is 0 Å². The molecule has 0 radical (unpaired) electrons. The Bertz CT molecular complexity index is 1060. The van der Waals surface area contributed by atoms with Crippen LogP contribution in [0.3, 0.4) is 0 Å². The summed E-state index contributed by atoms with van der Waals surface area (Å²) in [5.74, 6) is 1.45. The lowest BCUT2D eigenvalue weighted by molar-refractivity contribution is -0.0190. The number of hydrogen-bond acceptors (Lipinski definition) is 3. The summed E-state index contributed by atoms with van der Waals surface area (Å²) in [7, 11) is 0. The van der Waals surface area contributed by atoms with Gasteiger partial charge >= 0.3 is 0 Å². The van der Waals surface area contributed by atoms with Crippen LogP contribution in [0, 0.1) is 0 Å². The molecule has 2 heterocycles. The van der Waals surface area contributed by atoms with Gasteiger partial charge in [0.05, 0.1) is 11.8 Å². The SMILES string of the molecule is CC(C)c1ccc([C@@H]2Oc3ccccc3[C@H]3CC(c4ccc(Cl)cc4)=NN32)cc1. The molecule has 2 aliphatic rings. The van der Waals surface area contributed by atoms with E-state index in [1.165, 1.54) is 11.1 Å². The average Bonchev–Trinajstić information content (AvgIpc) is 3.19. The van der Waals surface area contributed by atoms with Crippen LogP contribution >= 0.6 is 11.6 Å². The van der Waals surface area contributed by atoms with Gasteiger partial charge in [-0.3, -0.25) is 0 Å². The number of hydrogen-bond donors (Lipinski definition) is 0. The lowest BCUT2D eigenvalue weighted by Crippen LogP contribution is -2.33. The molecule has 3 nitrogen and oxygen atoms in total. The first-order valence-corrected chi connectivity index (χ1v) is 10.4. The van der Waals surface area contributed by atoms with Crippen molar-refractivity contribution >= 4 is 17.3 Å². The van der Waals surface area contributed by atoms with E-state index in [1.807, 2.05) is 30.3 Å². The minimum Gasteiger partial charge on any atom is -0.464 e. The monoisotopic (exact) mass is 402 g/mol. The van der Waals surface area contributed by atoms with E-state index < -0.39 is 0 Å². The molecule has 2 atom stereocenters. The highest BCUT2D eigenvalue weighted by atomic mass is 35.5. The molecule has 0 amide bonds. The number of rotatable bonds is 3. The van der Waals surface area contributed by atoms with Crippen molar-refractivity contribution in [2.45, 2.75) is 38.5 Å². The van der Waals surface area contributed by atoms with Crippen molar-refractivity contribution in [2.75, 3.05) is 0 Å². The third kappa shape index (κ3) is 3.30. The summed E-state index contributed by atoms with van der Waals surface area (Å²) >= 11 is 6.08. The highest BCUT2D eigenvalue weighted by Gasteiger charge is 2.40. The fraction of sp³-hybridized carbons (Fsp3) is 0.240. The Morgan fingerprint density at radius 3 is 2.41 bits per heavy atom. The molecule has 146 valence electrons. The molecule has 0 saturated carbocycles. The minimum atomic E-state index is -0.235. The second-order valence-corrected chi connectivity index (χ2v) is 8.42. The largest absolute Gasteiger partial charge is 0.464 e. The number of hydrazone groups is 1. The first-order chi connectivity index (χ1) is 14.1. The van der Waals surface area contributed by atoms with Crippen molar-refractivity contribution in [1.82, 2.24) is 5.01 Å². The van der Waals surface area contributed by atoms with Gasteiger partial charge in [-0.25, -0.2) is 5.01 Å². The van der Waals surface area contributed by atoms with Crippen LogP contribution in [0.1, 0.15) is 60.7 Å². The standard InChI is InChI=1S/C25H23ClN2O/c1-16(2)17-7-9-19(10-8-17)25-28-23(21-5-3-4-6-24(21)29-25)15-22(27-28)18-11-13-20(26)14-12-18/h3-14,16,23,25H,15H2,1-2H3/t23-,25+/m1/s1. The number of fused-ring (bicyclic) bond motifs is 3. The summed E-state index contributed by atoms with van der Waals surface area (Å²) in [6.45, 7) is 4.42. The van der Waals surface area contributed by atoms with Crippen LogP contribution in [-0.2, 0) is 0 Å². The Labute approximate surface area is 176 Å². The number of benzene rings is 3. The average molecular weight is 403 g/mol. The summed E-state index contributed by atoms with van der Waals surface area (Å²) in [5.41, 5.74) is 5.81. The fourth-order valence-electron chi connectivity index (χ4n) is 4.12. The van der Waals surface area contributed by atoms with Crippen LogP contribution in [0.2, 0.25) is 5.02 Å². The van der Waals surface area contributed by atoms with Gasteiger partial charge in [0.25, 0.3) is 0 Å². The van der Waals surface area contributed by atoms with Gasteiger partial charge < -0.3 is 4.74 Å². The van der Waals surface area contributed by atoms with Crippen LogP contribution in [-0.4, -0.2) is 10.7 Å². The molecule has 0 aromatic heterocycles. The summed E-state index contributed by atoms with van der Waals surface area (Å²) in [5, 5.41) is 7.87. The van der Waals surface area contributed by atoms with Crippen molar-refractivity contribution < 1.29 is 4.74 Å². The van der Waals surface area contributed by atoms with Gasteiger partial charge in [-0.2, -0.15) is 5.10 Å². The molecular formula is C25H23ClN2O. The number of nitrogens with zero attached hydrogens (tertiary/aromatic N) is 2. The predicted molar refractivity (Wildman–Crippen MR) is 118 cm³/mol. The van der Waals surface area contributed by atoms with E-state index in [9.17, 15) is 0 Å². The number of para-hydroxylation sites is 1. The molecule has 0 unspecified atom stereocenters. The van der Waals surface area contributed by atoms with E-state index >= 15 is 0 Å². The third-order valence-electron chi connectivity index (χ3n) is 5.76. The summed E-state index contributed by atoms with van der Waals surface area (Å²) in [6, 6.07) is 25.1. The zero-order chi connectivity index (χ0) is 20.0. The molecule has 0 fully saturated rings. The van der Waals surface area contributed by atoms with E-state index in [2.05, 4.69) is 61.3 Å². The molecule has 0 N–H and O–H groups in total. The second kappa shape index (κ2) is 7.23. The fourth-order valence-corrected chi connectivity index (χ4v) is 4.24. The van der Waals surface area contributed by atoms with E-state index in [4.69, 9.17) is 21.4 Å². The summed E-state index contributed by atoms with van der Waals surface area (Å²) < 4.78 is 6.43. The topological polar surface area (TPSA) is 24.8 Å². The quantitative estimate of drug-likeness (QED) is 0.486. The molecule has 4 heteroatoms. The Balaban J connectivity index is 1.55. The molecule has 0 bridgehead atoms. The van der Waals surface area contributed by atoms with Crippen LogP contribution in [0.25, 0.3) is 0 Å². The van der Waals surface area contributed by atoms with E-state index in [0.29, 0.717) is 5.92 Å².